The number of terminal acetylenes is 1. The van der Waals surface area contributed by atoms with E-state index in [-0.39, 0.29) is 35.7 Å². The molecule has 0 unspecified atom stereocenters. The van der Waals surface area contributed by atoms with Gasteiger partial charge < -0.3 is 15.4 Å². The second-order valence-electron chi connectivity index (χ2n) is 8.80. The van der Waals surface area contributed by atoms with Crippen molar-refractivity contribution in [2.24, 2.45) is 5.73 Å². The molecule has 3 aromatic carbocycles. The van der Waals surface area contributed by atoms with Crippen LogP contribution < -0.4 is 15.4 Å². The van der Waals surface area contributed by atoms with E-state index in [2.05, 4.69) is 5.92 Å². The number of amides is 1. The van der Waals surface area contributed by atoms with Crippen molar-refractivity contribution < 1.29 is 27.1 Å². The first-order valence-electron chi connectivity index (χ1n) is 11.6. The number of hydrogen-bond donors (Lipinski definition) is 1. The smallest absolute Gasteiger partial charge is 0.245 e. The van der Waals surface area contributed by atoms with Crippen LogP contribution in [-0.2, 0) is 27.6 Å². The van der Waals surface area contributed by atoms with Crippen LogP contribution in [0.25, 0.3) is 0 Å². The summed E-state index contributed by atoms with van der Waals surface area (Å²) in [6, 6.07) is 14.2. The minimum Gasteiger partial charge on any atom is -0.481 e. The van der Waals surface area contributed by atoms with Gasteiger partial charge in [0.25, 0.3) is 0 Å². The zero-order valence-electron chi connectivity index (χ0n) is 20.2. The molecule has 4 rings (SSSR count). The minimum absolute atomic E-state index is 0.0421. The minimum atomic E-state index is -4.11. The average Bonchev–Trinajstić information content (AvgIpc) is 2.96. The van der Waals surface area contributed by atoms with Gasteiger partial charge in [0.05, 0.1) is 34.5 Å². The van der Waals surface area contributed by atoms with E-state index < -0.39 is 39.1 Å². The number of halogens is 2. The molecule has 7 nitrogen and oxygen atoms in total. The highest BCUT2D eigenvalue weighted by Crippen LogP contribution is 2.34. The number of fused-ring (bicyclic) bond motifs is 1. The van der Waals surface area contributed by atoms with E-state index in [1.54, 1.807) is 48.5 Å². The van der Waals surface area contributed by atoms with Gasteiger partial charge in [0.15, 0.2) is 15.6 Å². The highest BCUT2D eigenvalue weighted by atomic mass is 35.5. The quantitative estimate of drug-likeness (QED) is 0.334. The lowest BCUT2D eigenvalue weighted by Crippen LogP contribution is -2.45. The second kappa shape index (κ2) is 11.4. The molecule has 10 heteroatoms. The Labute approximate surface area is 225 Å². The standard InChI is InChI=1S/C28H24ClFN2O5S/c1-2-13-37-21-10-5-18(6-11-21)7-12-26(33)22-14-25-27(15-23(22)30)38(35,36)17-24(31)28(34)32(25)16-19-3-8-20(29)9-4-19/h1,3-6,8-11,14-15,24H,7,12-13,16-17,31H2/t24-/m0/s1. The first-order valence-corrected chi connectivity index (χ1v) is 13.7. The number of carbonyl (C=O) groups excluding carboxylic acids is 2. The fourth-order valence-corrected chi connectivity index (χ4v) is 5.83. The molecule has 0 bridgehead atoms. The third-order valence-electron chi connectivity index (χ3n) is 6.10. The van der Waals surface area contributed by atoms with Crippen molar-refractivity contribution in [2.75, 3.05) is 17.3 Å². The molecule has 196 valence electrons. The monoisotopic (exact) mass is 554 g/mol. The van der Waals surface area contributed by atoms with Crippen LogP contribution in [0.5, 0.6) is 5.75 Å². The van der Waals surface area contributed by atoms with Crippen molar-refractivity contribution in [2.45, 2.75) is 30.3 Å². The summed E-state index contributed by atoms with van der Waals surface area (Å²) in [6.07, 6.45) is 5.44. The number of benzene rings is 3. The Balaban J connectivity index is 1.65. The number of ketones is 1. The average molecular weight is 555 g/mol. The molecule has 1 atom stereocenters. The van der Waals surface area contributed by atoms with E-state index in [4.69, 9.17) is 28.5 Å². The molecule has 1 aliphatic heterocycles. The zero-order valence-corrected chi connectivity index (χ0v) is 21.8. The largest absolute Gasteiger partial charge is 0.481 e. The normalized spacial score (nSPS) is 16.3. The molecule has 0 spiro atoms. The summed E-state index contributed by atoms with van der Waals surface area (Å²) in [7, 11) is -4.11. The highest BCUT2D eigenvalue weighted by Gasteiger charge is 2.37. The van der Waals surface area contributed by atoms with Crippen LogP contribution >= 0.6 is 11.6 Å². The van der Waals surface area contributed by atoms with Gasteiger partial charge >= 0.3 is 0 Å². The second-order valence-corrected chi connectivity index (χ2v) is 11.2. The number of nitrogens with two attached hydrogens (primary N) is 1. The fourth-order valence-electron chi connectivity index (χ4n) is 4.14. The topological polar surface area (TPSA) is 107 Å². The van der Waals surface area contributed by atoms with E-state index in [1.807, 2.05) is 0 Å². The van der Waals surface area contributed by atoms with Crippen LogP contribution in [-0.4, -0.2) is 38.5 Å². The Morgan fingerprint density at radius 2 is 1.79 bits per heavy atom. The molecule has 3 aromatic rings. The molecule has 0 saturated heterocycles. The van der Waals surface area contributed by atoms with Gasteiger partial charge in [-0.05, 0) is 53.9 Å². The molecule has 1 amide bonds. The molecule has 0 aromatic heterocycles. The van der Waals surface area contributed by atoms with Gasteiger partial charge in [-0.25, -0.2) is 12.8 Å². The summed E-state index contributed by atoms with van der Waals surface area (Å²) in [5.74, 6) is 0.104. The summed E-state index contributed by atoms with van der Waals surface area (Å²) in [6.45, 7) is 0.0905. The van der Waals surface area contributed by atoms with Crippen LogP contribution in [0.4, 0.5) is 10.1 Å². The summed E-state index contributed by atoms with van der Waals surface area (Å²) < 4.78 is 46.4. The lowest BCUT2D eigenvalue weighted by molar-refractivity contribution is -0.119. The molecule has 2 N–H and O–H groups in total. The number of rotatable bonds is 8. The van der Waals surface area contributed by atoms with E-state index >= 15 is 4.39 Å². The Bertz CT molecular complexity index is 1520. The van der Waals surface area contributed by atoms with Gasteiger partial charge in [-0.1, -0.05) is 41.8 Å². The SMILES string of the molecule is C#CCOc1ccc(CCC(=O)c2cc3c(cc2F)S(=O)(=O)C[C@H](N)C(=O)N3Cc2ccc(Cl)cc2)cc1. The number of anilines is 1. The van der Waals surface area contributed by atoms with Crippen molar-refractivity contribution >= 4 is 38.8 Å². The third kappa shape index (κ3) is 6.05. The first-order chi connectivity index (χ1) is 18.1. The molecular formula is C28H24ClFN2O5S. The Morgan fingerprint density at radius 3 is 2.45 bits per heavy atom. The van der Waals surface area contributed by atoms with E-state index in [0.717, 1.165) is 17.7 Å². The summed E-state index contributed by atoms with van der Waals surface area (Å²) in [5, 5.41) is 0.486. The molecular weight excluding hydrogens is 531 g/mol. The van der Waals surface area contributed by atoms with Crippen LogP contribution in [0, 0.1) is 18.2 Å². The van der Waals surface area contributed by atoms with Gasteiger partial charge in [-0.15, -0.1) is 6.42 Å². The maximum atomic E-state index is 15.1. The molecule has 1 heterocycles. The Kier molecular flexibility index (Phi) is 8.17. The predicted octanol–water partition coefficient (Wildman–Crippen LogP) is 3.95. The van der Waals surface area contributed by atoms with E-state index in [9.17, 15) is 18.0 Å². The number of nitrogens with zero attached hydrogens (tertiary/aromatic N) is 1. The van der Waals surface area contributed by atoms with Crippen LogP contribution in [0.1, 0.15) is 27.9 Å². The van der Waals surface area contributed by atoms with Gasteiger partial charge in [0.1, 0.15) is 18.2 Å². The number of sulfone groups is 1. The number of aryl methyl sites for hydroxylation is 1. The van der Waals surface area contributed by atoms with Crippen molar-refractivity contribution in [3.05, 3.63) is 88.2 Å². The van der Waals surface area contributed by atoms with Crippen molar-refractivity contribution in [1.29, 1.82) is 0 Å². The number of ether oxygens (including phenoxy) is 1. The molecule has 38 heavy (non-hydrogen) atoms. The van der Waals surface area contributed by atoms with E-state index in [1.165, 1.54) is 4.90 Å². The summed E-state index contributed by atoms with van der Waals surface area (Å²) in [4.78, 5) is 27.0. The van der Waals surface area contributed by atoms with E-state index in [0.29, 0.717) is 22.8 Å². The van der Waals surface area contributed by atoms with Gasteiger partial charge in [0.2, 0.25) is 5.91 Å². The molecule has 0 fully saturated rings. The lowest BCUT2D eigenvalue weighted by Gasteiger charge is -2.25. The molecule has 1 aliphatic rings. The molecule has 0 radical (unpaired) electrons. The highest BCUT2D eigenvalue weighted by molar-refractivity contribution is 7.91. The van der Waals surface area contributed by atoms with Crippen LogP contribution in [0.3, 0.4) is 0 Å². The van der Waals surface area contributed by atoms with Crippen LogP contribution in [0.2, 0.25) is 5.02 Å². The predicted molar refractivity (Wildman–Crippen MR) is 142 cm³/mol. The fraction of sp³-hybridized carbons (Fsp3) is 0.214. The van der Waals surface area contributed by atoms with Crippen molar-refractivity contribution in [3.63, 3.8) is 0 Å². The lowest BCUT2D eigenvalue weighted by atomic mass is 10.0. The number of Topliss-reactive ketones (excluding diaryl/α,β-unsaturated/α-hetero) is 1. The van der Waals surface area contributed by atoms with Gasteiger partial charge in [-0.3, -0.25) is 9.59 Å². The molecule has 0 aliphatic carbocycles. The van der Waals surface area contributed by atoms with Crippen molar-refractivity contribution in [3.8, 4) is 18.1 Å². The maximum Gasteiger partial charge on any atom is 0.245 e. The summed E-state index contributed by atoms with van der Waals surface area (Å²) in [5.41, 5.74) is 6.98. The number of carbonyl (C=O) groups is 2. The van der Waals surface area contributed by atoms with Crippen molar-refractivity contribution in [1.82, 2.24) is 0 Å². The Morgan fingerprint density at radius 1 is 1.13 bits per heavy atom. The van der Waals surface area contributed by atoms with Crippen LogP contribution in [0.15, 0.2) is 65.6 Å². The zero-order chi connectivity index (χ0) is 27.4. The van der Waals surface area contributed by atoms with Gasteiger partial charge in [-0.2, -0.15) is 0 Å². The first kappa shape index (κ1) is 27.3. The number of hydrogen-bond acceptors (Lipinski definition) is 6. The third-order valence-corrected chi connectivity index (χ3v) is 8.14. The van der Waals surface area contributed by atoms with Gasteiger partial charge in [0, 0.05) is 11.4 Å². The molecule has 0 saturated carbocycles. The maximum absolute atomic E-state index is 15.1. The Hall–Kier alpha value is -3.71. The summed E-state index contributed by atoms with van der Waals surface area (Å²) >= 11 is 5.95.